The Kier molecular flexibility index (Phi) is 4.88. The van der Waals surface area contributed by atoms with E-state index in [0.717, 1.165) is 28.8 Å². The second kappa shape index (κ2) is 7.48. The van der Waals surface area contributed by atoms with Gasteiger partial charge in [-0.15, -0.1) is 0 Å². The molecule has 4 rings (SSSR count). The van der Waals surface area contributed by atoms with Crippen LogP contribution < -0.4 is 5.32 Å². The Morgan fingerprint density at radius 3 is 2.82 bits per heavy atom. The van der Waals surface area contributed by atoms with Crippen molar-refractivity contribution in [3.63, 3.8) is 0 Å². The third-order valence-electron chi connectivity index (χ3n) is 4.85. The lowest BCUT2D eigenvalue weighted by Gasteiger charge is -2.12. The second-order valence-corrected chi connectivity index (χ2v) is 7.17. The van der Waals surface area contributed by atoms with E-state index in [4.69, 9.17) is 11.6 Å². The topological polar surface area (TPSA) is 79.8 Å². The standard InChI is InChI=1S/C21H19ClN4O2/c1-23-21(28)17-10-24-20(25-17)19(27)16-12-26(18-5-3-2-4-15(16)18)11-13-6-8-14(22)9-7-13/h2-6,8,10,12H,7,9,11H2,1H3,(H,23,28)(H,24,25). The smallest absolute Gasteiger partial charge is 0.269 e. The third-order valence-corrected chi connectivity index (χ3v) is 5.17. The van der Waals surface area contributed by atoms with Crippen molar-refractivity contribution in [1.29, 1.82) is 0 Å². The van der Waals surface area contributed by atoms with Crippen molar-refractivity contribution in [2.45, 2.75) is 19.4 Å². The van der Waals surface area contributed by atoms with Gasteiger partial charge in [-0.3, -0.25) is 9.59 Å². The van der Waals surface area contributed by atoms with Crippen LogP contribution in [0.1, 0.15) is 39.5 Å². The molecule has 0 atom stereocenters. The van der Waals surface area contributed by atoms with Gasteiger partial charge in [0, 0.05) is 35.7 Å². The number of H-pyrrole nitrogens is 1. The predicted molar refractivity (Wildman–Crippen MR) is 109 cm³/mol. The molecule has 1 aliphatic carbocycles. The van der Waals surface area contributed by atoms with Crippen molar-refractivity contribution in [2.24, 2.45) is 0 Å². The van der Waals surface area contributed by atoms with Crippen LogP contribution in [0.3, 0.4) is 0 Å². The number of para-hydroxylation sites is 1. The van der Waals surface area contributed by atoms with Gasteiger partial charge in [-0.25, -0.2) is 4.98 Å². The van der Waals surface area contributed by atoms with Crippen molar-refractivity contribution < 1.29 is 9.59 Å². The van der Waals surface area contributed by atoms with Gasteiger partial charge in [-0.1, -0.05) is 41.4 Å². The number of aromatic amines is 1. The van der Waals surface area contributed by atoms with Gasteiger partial charge in [0.2, 0.25) is 5.78 Å². The van der Waals surface area contributed by atoms with Crippen molar-refractivity contribution in [3.05, 3.63) is 76.5 Å². The van der Waals surface area contributed by atoms with Gasteiger partial charge in [0.1, 0.15) is 5.69 Å². The number of fused-ring (bicyclic) bond motifs is 1. The molecule has 7 heteroatoms. The molecule has 0 saturated carbocycles. The van der Waals surface area contributed by atoms with Gasteiger partial charge in [-0.05, 0) is 25.0 Å². The van der Waals surface area contributed by atoms with E-state index < -0.39 is 0 Å². The predicted octanol–water partition coefficient (Wildman–Crippen LogP) is 3.80. The lowest BCUT2D eigenvalue weighted by Crippen LogP contribution is -2.18. The number of halogens is 1. The van der Waals surface area contributed by atoms with Crippen LogP contribution in [0.25, 0.3) is 10.9 Å². The van der Waals surface area contributed by atoms with Crippen molar-refractivity contribution in [3.8, 4) is 0 Å². The van der Waals surface area contributed by atoms with Crippen molar-refractivity contribution in [1.82, 2.24) is 19.9 Å². The first-order chi connectivity index (χ1) is 13.6. The molecule has 0 saturated heterocycles. The molecule has 6 nitrogen and oxygen atoms in total. The Hall–Kier alpha value is -3.12. The average molecular weight is 395 g/mol. The molecule has 0 spiro atoms. The Morgan fingerprint density at radius 2 is 2.07 bits per heavy atom. The summed E-state index contributed by atoms with van der Waals surface area (Å²) >= 11 is 6.05. The highest BCUT2D eigenvalue weighted by Gasteiger charge is 2.20. The molecule has 3 aromatic rings. The van der Waals surface area contributed by atoms with Gasteiger partial charge >= 0.3 is 0 Å². The molecule has 0 radical (unpaired) electrons. The van der Waals surface area contributed by atoms with Crippen molar-refractivity contribution >= 4 is 34.2 Å². The number of ketones is 1. The molecule has 1 aromatic carbocycles. The number of hydrogen-bond donors (Lipinski definition) is 2. The fraction of sp³-hybridized carbons (Fsp3) is 0.190. The summed E-state index contributed by atoms with van der Waals surface area (Å²) in [6, 6.07) is 7.78. The van der Waals surface area contributed by atoms with Crippen LogP contribution in [-0.4, -0.2) is 33.3 Å². The normalized spacial score (nSPS) is 13.9. The number of imidazole rings is 1. The van der Waals surface area contributed by atoms with Gasteiger partial charge in [0.15, 0.2) is 5.82 Å². The molecule has 2 N–H and O–H groups in total. The van der Waals surface area contributed by atoms with E-state index in [1.807, 2.05) is 42.6 Å². The maximum absolute atomic E-state index is 13.1. The minimum absolute atomic E-state index is 0.146. The number of benzene rings is 1. The van der Waals surface area contributed by atoms with E-state index in [2.05, 4.69) is 19.9 Å². The number of carbonyl (C=O) groups is 2. The molecule has 28 heavy (non-hydrogen) atoms. The molecule has 1 aliphatic rings. The Balaban J connectivity index is 1.71. The average Bonchev–Trinajstić information content (AvgIpc) is 3.35. The van der Waals surface area contributed by atoms with E-state index >= 15 is 0 Å². The number of carbonyl (C=O) groups excluding carboxylic acids is 2. The Labute approximate surface area is 166 Å². The summed E-state index contributed by atoms with van der Waals surface area (Å²) in [6.07, 6.45) is 8.95. The number of nitrogens with zero attached hydrogens (tertiary/aromatic N) is 2. The van der Waals surface area contributed by atoms with Crippen LogP contribution in [0.15, 0.2) is 59.4 Å². The van der Waals surface area contributed by atoms with Gasteiger partial charge in [-0.2, -0.15) is 0 Å². The highest BCUT2D eigenvalue weighted by molar-refractivity contribution is 6.29. The SMILES string of the molecule is CNC(=O)c1cnc(C(=O)c2cn(CC3=CC=C(Cl)CC3)c3ccccc23)[nH]1. The minimum atomic E-state index is -0.315. The maximum Gasteiger partial charge on any atom is 0.269 e. The summed E-state index contributed by atoms with van der Waals surface area (Å²) < 4.78 is 2.07. The monoisotopic (exact) mass is 394 g/mol. The largest absolute Gasteiger partial charge is 0.354 e. The second-order valence-electron chi connectivity index (χ2n) is 6.68. The molecule has 142 valence electrons. The lowest BCUT2D eigenvalue weighted by atomic mass is 10.1. The van der Waals surface area contributed by atoms with E-state index in [-0.39, 0.29) is 23.2 Å². The fourth-order valence-corrected chi connectivity index (χ4v) is 3.54. The van der Waals surface area contributed by atoms with E-state index in [1.165, 1.54) is 18.8 Å². The molecule has 0 unspecified atom stereocenters. The van der Waals surface area contributed by atoms with E-state index in [0.29, 0.717) is 12.1 Å². The number of hydrogen-bond acceptors (Lipinski definition) is 3. The number of amides is 1. The highest BCUT2D eigenvalue weighted by atomic mass is 35.5. The summed E-state index contributed by atoms with van der Waals surface area (Å²) in [5, 5.41) is 4.23. The number of aromatic nitrogens is 3. The quantitative estimate of drug-likeness (QED) is 0.646. The summed E-state index contributed by atoms with van der Waals surface area (Å²) in [6.45, 7) is 0.691. The van der Waals surface area contributed by atoms with Gasteiger partial charge < -0.3 is 14.9 Å². The van der Waals surface area contributed by atoms with E-state index in [9.17, 15) is 9.59 Å². The molecule has 1 amide bonds. The minimum Gasteiger partial charge on any atom is -0.354 e. The molecule has 2 aromatic heterocycles. The first-order valence-electron chi connectivity index (χ1n) is 9.00. The summed E-state index contributed by atoms with van der Waals surface area (Å²) in [5.74, 6) is -0.413. The molecule has 0 aliphatic heterocycles. The summed E-state index contributed by atoms with van der Waals surface area (Å²) in [5.41, 5.74) is 3.04. The summed E-state index contributed by atoms with van der Waals surface area (Å²) in [7, 11) is 1.53. The van der Waals surface area contributed by atoms with Crippen LogP contribution in [0.2, 0.25) is 0 Å². The van der Waals surface area contributed by atoms with Gasteiger partial charge in [0.05, 0.1) is 11.8 Å². The Morgan fingerprint density at radius 1 is 1.25 bits per heavy atom. The van der Waals surface area contributed by atoms with Gasteiger partial charge in [0.25, 0.3) is 5.91 Å². The van der Waals surface area contributed by atoms with Crippen LogP contribution in [0, 0.1) is 0 Å². The lowest BCUT2D eigenvalue weighted by molar-refractivity contribution is 0.0958. The summed E-state index contributed by atoms with van der Waals surface area (Å²) in [4.78, 5) is 31.7. The van der Waals surface area contributed by atoms with E-state index in [1.54, 1.807) is 0 Å². The third kappa shape index (κ3) is 3.39. The van der Waals surface area contributed by atoms with Crippen LogP contribution in [0.4, 0.5) is 0 Å². The zero-order chi connectivity index (χ0) is 19.7. The zero-order valence-corrected chi connectivity index (χ0v) is 16.1. The molecular weight excluding hydrogens is 376 g/mol. The molecular formula is C21H19ClN4O2. The molecule has 2 heterocycles. The molecule has 0 bridgehead atoms. The van der Waals surface area contributed by atoms with Crippen LogP contribution in [0.5, 0.6) is 0 Å². The number of rotatable bonds is 5. The first kappa shape index (κ1) is 18.3. The Bertz CT molecular complexity index is 1140. The number of allylic oxidation sites excluding steroid dienone is 4. The first-order valence-corrected chi connectivity index (χ1v) is 9.38. The van der Waals surface area contributed by atoms with Crippen molar-refractivity contribution in [2.75, 3.05) is 7.05 Å². The fourth-order valence-electron chi connectivity index (χ4n) is 3.38. The zero-order valence-electron chi connectivity index (χ0n) is 15.3. The number of nitrogens with one attached hydrogen (secondary N) is 2. The van der Waals surface area contributed by atoms with Crippen LogP contribution in [-0.2, 0) is 6.54 Å². The maximum atomic E-state index is 13.1. The van der Waals surface area contributed by atoms with Crippen LogP contribution >= 0.6 is 11.6 Å². The molecule has 0 fully saturated rings. The highest BCUT2D eigenvalue weighted by Crippen LogP contribution is 2.27.